The van der Waals surface area contributed by atoms with Crippen molar-refractivity contribution in [2.24, 2.45) is 5.73 Å². The molecule has 1 rings (SSSR count). The van der Waals surface area contributed by atoms with Crippen LogP contribution in [-0.4, -0.2) is 11.9 Å². The first kappa shape index (κ1) is 13.0. The zero-order valence-electron chi connectivity index (χ0n) is 9.59. The summed E-state index contributed by atoms with van der Waals surface area (Å²) in [7, 11) is 0. The molecule has 0 radical (unpaired) electrons. The number of amides is 1. The van der Waals surface area contributed by atoms with Crippen molar-refractivity contribution in [3.8, 4) is 0 Å². The van der Waals surface area contributed by atoms with Gasteiger partial charge < -0.3 is 11.1 Å². The summed E-state index contributed by atoms with van der Waals surface area (Å²) in [6.07, 6.45) is 0.354. The van der Waals surface area contributed by atoms with Crippen molar-refractivity contribution in [3.05, 3.63) is 34.3 Å². The molecule has 1 unspecified atom stereocenters. The molecule has 88 valence electrons. The molecule has 3 N–H and O–H groups in total. The summed E-state index contributed by atoms with van der Waals surface area (Å²) in [4.78, 5) is 10.7. The van der Waals surface area contributed by atoms with E-state index in [1.807, 2.05) is 32.0 Å². The Kier molecular flexibility index (Phi) is 4.77. The van der Waals surface area contributed by atoms with E-state index in [-0.39, 0.29) is 11.9 Å². The first-order valence-electron chi connectivity index (χ1n) is 5.25. The van der Waals surface area contributed by atoms with Crippen LogP contribution in [0.3, 0.4) is 0 Å². The lowest BCUT2D eigenvalue weighted by atomic mass is 10.1. The maximum absolute atomic E-state index is 10.7. The van der Waals surface area contributed by atoms with Gasteiger partial charge in [-0.3, -0.25) is 4.79 Å². The lowest BCUT2D eigenvalue weighted by molar-refractivity contribution is -0.118. The van der Waals surface area contributed by atoms with Crippen LogP contribution in [0.15, 0.2) is 18.2 Å². The Bertz CT molecular complexity index is 379. The minimum absolute atomic E-state index is 0.0912. The standard InChI is InChI=1S/C12H17ClN2O/c1-8-5-10(3-4-11(8)13)7-15-9(2)6-12(14)16/h3-5,9,15H,6-7H2,1-2H3,(H2,14,16). The van der Waals surface area contributed by atoms with Crippen LogP contribution < -0.4 is 11.1 Å². The van der Waals surface area contributed by atoms with Gasteiger partial charge in [-0.15, -0.1) is 0 Å². The number of hydrogen-bond donors (Lipinski definition) is 2. The second-order valence-electron chi connectivity index (χ2n) is 4.04. The van der Waals surface area contributed by atoms with Crippen molar-refractivity contribution in [1.82, 2.24) is 5.32 Å². The third-order valence-electron chi connectivity index (χ3n) is 2.38. The van der Waals surface area contributed by atoms with Gasteiger partial charge >= 0.3 is 0 Å². The number of nitrogens with two attached hydrogens (primary N) is 1. The Balaban J connectivity index is 2.48. The molecule has 1 aromatic rings. The van der Waals surface area contributed by atoms with Crippen LogP contribution in [0.25, 0.3) is 0 Å². The molecule has 0 aliphatic carbocycles. The van der Waals surface area contributed by atoms with Crippen molar-refractivity contribution >= 4 is 17.5 Å². The number of primary amides is 1. The zero-order valence-corrected chi connectivity index (χ0v) is 10.3. The highest BCUT2D eigenvalue weighted by atomic mass is 35.5. The maximum Gasteiger partial charge on any atom is 0.218 e. The lowest BCUT2D eigenvalue weighted by Crippen LogP contribution is -2.30. The Morgan fingerprint density at radius 3 is 2.81 bits per heavy atom. The fraction of sp³-hybridized carbons (Fsp3) is 0.417. The zero-order chi connectivity index (χ0) is 12.1. The van der Waals surface area contributed by atoms with Crippen molar-refractivity contribution < 1.29 is 4.79 Å². The van der Waals surface area contributed by atoms with Crippen molar-refractivity contribution in [1.29, 1.82) is 0 Å². The number of aryl methyl sites for hydroxylation is 1. The molecule has 1 aromatic carbocycles. The molecule has 0 aliphatic rings. The highest BCUT2D eigenvalue weighted by Crippen LogP contribution is 2.16. The average molecular weight is 241 g/mol. The van der Waals surface area contributed by atoms with Gasteiger partial charge in [0.2, 0.25) is 5.91 Å². The quantitative estimate of drug-likeness (QED) is 0.827. The summed E-state index contributed by atoms with van der Waals surface area (Å²) in [5.74, 6) is -0.285. The summed E-state index contributed by atoms with van der Waals surface area (Å²) in [6.45, 7) is 4.62. The molecule has 3 nitrogen and oxygen atoms in total. The summed E-state index contributed by atoms with van der Waals surface area (Å²) < 4.78 is 0. The molecule has 0 saturated carbocycles. The molecule has 1 amide bonds. The fourth-order valence-corrected chi connectivity index (χ4v) is 1.60. The molecule has 1 atom stereocenters. The molecule has 4 heteroatoms. The van der Waals surface area contributed by atoms with Crippen LogP contribution in [0.5, 0.6) is 0 Å². The molecular weight excluding hydrogens is 224 g/mol. The largest absolute Gasteiger partial charge is 0.370 e. The van der Waals surface area contributed by atoms with E-state index in [0.717, 1.165) is 16.1 Å². The van der Waals surface area contributed by atoms with Gasteiger partial charge in [0, 0.05) is 24.0 Å². The number of carbonyl (C=O) groups excluding carboxylic acids is 1. The fourth-order valence-electron chi connectivity index (χ4n) is 1.48. The SMILES string of the molecule is Cc1cc(CNC(C)CC(N)=O)ccc1Cl. The molecule has 0 aliphatic heterocycles. The molecule has 0 saturated heterocycles. The third kappa shape index (κ3) is 4.21. The number of hydrogen-bond acceptors (Lipinski definition) is 2. The number of carbonyl (C=O) groups is 1. The Labute approximate surface area is 101 Å². The van der Waals surface area contributed by atoms with Gasteiger partial charge in [0.1, 0.15) is 0 Å². The van der Waals surface area contributed by atoms with Gasteiger partial charge in [-0.05, 0) is 31.0 Å². The summed E-state index contributed by atoms with van der Waals surface area (Å²) in [5.41, 5.74) is 7.32. The Morgan fingerprint density at radius 1 is 1.56 bits per heavy atom. The first-order chi connectivity index (χ1) is 7.49. The number of nitrogens with one attached hydrogen (secondary N) is 1. The molecule has 0 bridgehead atoms. The minimum Gasteiger partial charge on any atom is -0.370 e. The van der Waals surface area contributed by atoms with E-state index in [0.29, 0.717) is 13.0 Å². The highest BCUT2D eigenvalue weighted by molar-refractivity contribution is 6.31. The smallest absolute Gasteiger partial charge is 0.218 e. The first-order valence-corrected chi connectivity index (χ1v) is 5.63. The minimum atomic E-state index is -0.285. The van der Waals surface area contributed by atoms with Crippen LogP contribution in [0.4, 0.5) is 0 Å². The third-order valence-corrected chi connectivity index (χ3v) is 2.81. The van der Waals surface area contributed by atoms with E-state index in [1.165, 1.54) is 0 Å². The van der Waals surface area contributed by atoms with Gasteiger partial charge in [-0.1, -0.05) is 23.7 Å². The second kappa shape index (κ2) is 5.87. The van der Waals surface area contributed by atoms with E-state index in [2.05, 4.69) is 5.32 Å². The van der Waals surface area contributed by atoms with E-state index < -0.39 is 0 Å². The average Bonchev–Trinajstić information content (AvgIpc) is 2.19. The molecule has 0 spiro atoms. The number of rotatable bonds is 5. The number of benzene rings is 1. The molecule has 0 heterocycles. The summed E-state index contributed by atoms with van der Waals surface area (Å²) in [5, 5.41) is 4.01. The predicted molar refractivity (Wildman–Crippen MR) is 66.3 cm³/mol. The van der Waals surface area contributed by atoms with Crippen LogP contribution in [0.1, 0.15) is 24.5 Å². The monoisotopic (exact) mass is 240 g/mol. The molecule has 0 fully saturated rings. The normalized spacial score (nSPS) is 12.4. The van der Waals surface area contributed by atoms with Crippen molar-refractivity contribution in [2.45, 2.75) is 32.9 Å². The van der Waals surface area contributed by atoms with Gasteiger partial charge in [0.05, 0.1) is 0 Å². The van der Waals surface area contributed by atoms with Gasteiger partial charge in [0.25, 0.3) is 0 Å². The predicted octanol–water partition coefficient (Wildman–Crippen LogP) is 2.00. The van der Waals surface area contributed by atoms with Crippen LogP contribution in [0, 0.1) is 6.92 Å². The van der Waals surface area contributed by atoms with E-state index in [9.17, 15) is 4.79 Å². The van der Waals surface area contributed by atoms with E-state index >= 15 is 0 Å². The van der Waals surface area contributed by atoms with Gasteiger partial charge in [0.15, 0.2) is 0 Å². The van der Waals surface area contributed by atoms with Crippen molar-refractivity contribution in [2.75, 3.05) is 0 Å². The lowest BCUT2D eigenvalue weighted by Gasteiger charge is -2.12. The van der Waals surface area contributed by atoms with Gasteiger partial charge in [-0.2, -0.15) is 0 Å². The van der Waals surface area contributed by atoms with E-state index in [4.69, 9.17) is 17.3 Å². The maximum atomic E-state index is 10.7. The van der Waals surface area contributed by atoms with Gasteiger partial charge in [-0.25, -0.2) is 0 Å². The summed E-state index contributed by atoms with van der Waals surface area (Å²) in [6, 6.07) is 5.98. The molecular formula is C12H17ClN2O. The van der Waals surface area contributed by atoms with Crippen LogP contribution >= 0.6 is 11.6 Å². The highest BCUT2D eigenvalue weighted by Gasteiger charge is 2.05. The van der Waals surface area contributed by atoms with Crippen LogP contribution in [-0.2, 0) is 11.3 Å². The molecule has 0 aromatic heterocycles. The second-order valence-corrected chi connectivity index (χ2v) is 4.44. The topological polar surface area (TPSA) is 55.1 Å². The van der Waals surface area contributed by atoms with Crippen LogP contribution in [0.2, 0.25) is 5.02 Å². The Morgan fingerprint density at radius 2 is 2.25 bits per heavy atom. The van der Waals surface area contributed by atoms with Crippen molar-refractivity contribution in [3.63, 3.8) is 0 Å². The van der Waals surface area contributed by atoms with E-state index in [1.54, 1.807) is 0 Å². The Hall–Kier alpha value is -1.06. The number of halogens is 1. The summed E-state index contributed by atoms with van der Waals surface area (Å²) >= 11 is 5.93. The molecule has 16 heavy (non-hydrogen) atoms.